The summed E-state index contributed by atoms with van der Waals surface area (Å²) in [6, 6.07) is 8.91. The van der Waals surface area contributed by atoms with E-state index >= 15 is 0 Å². The average Bonchev–Trinajstić information content (AvgIpc) is 2.81. The van der Waals surface area contributed by atoms with Crippen LogP contribution in [-0.2, 0) is 0 Å². The maximum Gasteiger partial charge on any atom is 0.0634 e. The van der Waals surface area contributed by atoms with Crippen LogP contribution in [0.5, 0.6) is 0 Å². The van der Waals surface area contributed by atoms with E-state index in [0.29, 0.717) is 6.04 Å². The second-order valence-corrected chi connectivity index (χ2v) is 6.91. The molecule has 0 radical (unpaired) electrons. The largest absolute Gasteiger partial charge is 0.376 e. The van der Waals surface area contributed by atoms with Crippen LogP contribution >= 0.6 is 43.2 Å². The summed E-state index contributed by atoms with van der Waals surface area (Å²) in [5, 5.41) is 5.74. The van der Waals surface area contributed by atoms with Crippen LogP contribution in [0, 0.1) is 6.92 Å². The highest BCUT2D eigenvalue weighted by Crippen LogP contribution is 2.36. The van der Waals surface area contributed by atoms with Gasteiger partial charge in [0.25, 0.3) is 0 Å². The normalized spacial score (nSPS) is 12.4. The summed E-state index contributed by atoms with van der Waals surface area (Å²) in [7, 11) is 0. The van der Waals surface area contributed by atoms with E-state index in [0.717, 1.165) is 21.1 Å². The van der Waals surface area contributed by atoms with Crippen LogP contribution in [0.2, 0.25) is 0 Å². The lowest BCUT2D eigenvalue weighted by Crippen LogP contribution is -2.09. The maximum absolute atomic E-state index is 3.63. The van der Waals surface area contributed by atoms with Crippen molar-refractivity contribution in [2.75, 3.05) is 5.32 Å². The molecular formula is C14H15Br2NS. The standard InChI is InChI=1S/C14H15Br2NS/c1-3-12(13-5-4-6-18-13)17-14-10(15)7-9(2)8-11(14)16/h4-8,12,17H,3H2,1-2H3. The third-order valence-electron chi connectivity index (χ3n) is 2.80. The van der Waals surface area contributed by atoms with Gasteiger partial charge < -0.3 is 5.32 Å². The number of anilines is 1. The predicted octanol–water partition coefficient (Wildman–Crippen LogP) is 6.14. The summed E-state index contributed by atoms with van der Waals surface area (Å²) in [4.78, 5) is 1.37. The number of nitrogens with one attached hydrogen (secondary N) is 1. The van der Waals surface area contributed by atoms with Crippen LogP contribution in [0.4, 0.5) is 5.69 Å². The Morgan fingerprint density at radius 1 is 1.28 bits per heavy atom. The fraction of sp³-hybridized carbons (Fsp3) is 0.286. The molecule has 1 unspecified atom stereocenters. The monoisotopic (exact) mass is 387 g/mol. The molecule has 0 saturated heterocycles. The quantitative estimate of drug-likeness (QED) is 0.662. The summed E-state index contributed by atoms with van der Waals surface area (Å²) in [5.74, 6) is 0. The lowest BCUT2D eigenvalue weighted by molar-refractivity contribution is 0.762. The number of hydrogen-bond acceptors (Lipinski definition) is 2. The van der Waals surface area contributed by atoms with E-state index < -0.39 is 0 Å². The molecule has 2 rings (SSSR count). The van der Waals surface area contributed by atoms with Crippen LogP contribution in [-0.4, -0.2) is 0 Å². The number of halogens is 2. The second kappa shape index (κ2) is 6.22. The van der Waals surface area contributed by atoms with Crippen molar-refractivity contribution in [3.05, 3.63) is 49.0 Å². The van der Waals surface area contributed by atoms with Crippen LogP contribution in [0.25, 0.3) is 0 Å². The van der Waals surface area contributed by atoms with Gasteiger partial charge in [-0.3, -0.25) is 0 Å². The summed E-state index contributed by atoms with van der Waals surface area (Å²) in [6.45, 7) is 4.29. The van der Waals surface area contributed by atoms with Gasteiger partial charge in [-0.2, -0.15) is 0 Å². The van der Waals surface area contributed by atoms with E-state index in [2.05, 4.69) is 80.7 Å². The van der Waals surface area contributed by atoms with Gasteiger partial charge in [0.1, 0.15) is 0 Å². The highest BCUT2D eigenvalue weighted by molar-refractivity contribution is 9.11. The first-order chi connectivity index (χ1) is 8.61. The van der Waals surface area contributed by atoms with Crippen molar-refractivity contribution in [2.45, 2.75) is 26.3 Å². The minimum absolute atomic E-state index is 0.361. The molecule has 0 spiro atoms. The molecule has 0 aliphatic heterocycles. The topological polar surface area (TPSA) is 12.0 Å². The zero-order chi connectivity index (χ0) is 13.1. The van der Waals surface area contributed by atoms with Crippen molar-refractivity contribution in [3.8, 4) is 0 Å². The van der Waals surface area contributed by atoms with Gasteiger partial charge in [-0.25, -0.2) is 0 Å². The molecule has 0 aliphatic carbocycles. The lowest BCUT2D eigenvalue weighted by atomic mass is 10.1. The second-order valence-electron chi connectivity index (χ2n) is 4.22. The molecule has 1 atom stereocenters. The number of rotatable bonds is 4. The van der Waals surface area contributed by atoms with E-state index in [-0.39, 0.29) is 0 Å². The van der Waals surface area contributed by atoms with Crippen LogP contribution < -0.4 is 5.32 Å². The van der Waals surface area contributed by atoms with Gasteiger partial charge in [0.15, 0.2) is 0 Å². The first-order valence-corrected chi connectivity index (χ1v) is 8.34. The number of aryl methyl sites for hydroxylation is 1. The SMILES string of the molecule is CCC(Nc1c(Br)cc(C)cc1Br)c1cccs1. The van der Waals surface area contributed by atoms with Crippen LogP contribution in [0.1, 0.15) is 29.8 Å². The molecular weight excluding hydrogens is 374 g/mol. The highest BCUT2D eigenvalue weighted by Gasteiger charge is 2.14. The van der Waals surface area contributed by atoms with Gasteiger partial charge in [0, 0.05) is 13.8 Å². The third kappa shape index (κ3) is 3.16. The number of hydrogen-bond donors (Lipinski definition) is 1. The zero-order valence-electron chi connectivity index (χ0n) is 10.3. The van der Waals surface area contributed by atoms with Gasteiger partial charge in [-0.1, -0.05) is 13.0 Å². The van der Waals surface area contributed by atoms with Gasteiger partial charge in [0.05, 0.1) is 11.7 Å². The zero-order valence-corrected chi connectivity index (χ0v) is 14.3. The Morgan fingerprint density at radius 3 is 2.44 bits per heavy atom. The van der Waals surface area contributed by atoms with Gasteiger partial charge in [-0.15, -0.1) is 11.3 Å². The molecule has 0 amide bonds. The molecule has 0 saturated carbocycles. The minimum atomic E-state index is 0.361. The Kier molecular flexibility index (Phi) is 4.87. The summed E-state index contributed by atoms with van der Waals surface area (Å²) >= 11 is 9.06. The molecule has 1 aromatic carbocycles. The summed E-state index contributed by atoms with van der Waals surface area (Å²) in [5.41, 5.74) is 2.37. The summed E-state index contributed by atoms with van der Waals surface area (Å²) in [6.07, 6.45) is 1.06. The smallest absolute Gasteiger partial charge is 0.0634 e. The Morgan fingerprint density at radius 2 is 1.94 bits per heavy atom. The van der Waals surface area contributed by atoms with Crippen molar-refractivity contribution in [2.24, 2.45) is 0 Å². The molecule has 0 fully saturated rings. The average molecular weight is 389 g/mol. The Hall–Kier alpha value is -0.320. The van der Waals surface area contributed by atoms with Gasteiger partial charge in [-0.05, 0) is 74.3 Å². The van der Waals surface area contributed by atoms with Crippen molar-refractivity contribution in [1.82, 2.24) is 0 Å². The van der Waals surface area contributed by atoms with Crippen LogP contribution in [0.3, 0.4) is 0 Å². The molecule has 1 nitrogen and oxygen atoms in total. The summed E-state index contributed by atoms with van der Waals surface area (Å²) < 4.78 is 2.20. The van der Waals surface area contributed by atoms with E-state index in [4.69, 9.17) is 0 Å². The molecule has 1 N–H and O–H groups in total. The van der Waals surface area contributed by atoms with Gasteiger partial charge in [0.2, 0.25) is 0 Å². The molecule has 0 bridgehead atoms. The Labute approximate surface area is 129 Å². The lowest BCUT2D eigenvalue weighted by Gasteiger charge is -2.19. The third-order valence-corrected chi connectivity index (χ3v) is 5.04. The van der Waals surface area contributed by atoms with E-state index in [1.54, 1.807) is 11.3 Å². The molecule has 1 aromatic heterocycles. The van der Waals surface area contributed by atoms with Crippen molar-refractivity contribution in [3.63, 3.8) is 0 Å². The molecule has 96 valence electrons. The van der Waals surface area contributed by atoms with Crippen molar-refractivity contribution >= 4 is 48.9 Å². The van der Waals surface area contributed by atoms with E-state index in [1.807, 2.05) is 0 Å². The number of thiophene rings is 1. The first-order valence-electron chi connectivity index (χ1n) is 5.87. The van der Waals surface area contributed by atoms with Gasteiger partial charge >= 0.3 is 0 Å². The van der Waals surface area contributed by atoms with Crippen molar-refractivity contribution < 1.29 is 0 Å². The number of benzene rings is 1. The van der Waals surface area contributed by atoms with Crippen LogP contribution in [0.15, 0.2) is 38.6 Å². The molecule has 1 heterocycles. The van der Waals surface area contributed by atoms with Crippen molar-refractivity contribution in [1.29, 1.82) is 0 Å². The molecule has 2 aromatic rings. The molecule has 0 aliphatic rings. The Bertz CT molecular complexity index is 500. The molecule has 4 heteroatoms. The minimum Gasteiger partial charge on any atom is -0.376 e. The maximum atomic E-state index is 3.63. The van der Waals surface area contributed by atoms with E-state index in [9.17, 15) is 0 Å². The highest BCUT2D eigenvalue weighted by atomic mass is 79.9. The predicted molar refractivity (Wildman–Crippen MR) is 87.6 cm³/mol. The fourth-order valence-corrected chi connectivity index (χ4v) is 4.38. The van der Waals surface area contributed by atoms with E-state index in [1.165, 1.54) is 10.4 Å². The molecule has 18 heavy (non-hydrogen) atoms. The first kappa shape index (κ1) is 14.1. The fourth-order valence-electron chi connectivity index (χ4n) is 1.88. The Balaban J connectivity index is 2.28.